The third-order valence-electron chi connectivity index (χ3n) is 0.189. The number of rotatable bonds is 1. The molecule has 0 bridgehead atoms. The van der Waals surface area contributed by atoms with Crippen LogP contribution in [0.2, 0.25) is 5.28 Å². The Balaban J connectivity index is 1.97. The fourth-order valence-corrected chi connectivity index (χ4v) is 0. The zero-order valence-corrected chi connectivity index (χ0v) is 6.36. The molecular formula is C2H6AlI. The van der Waals surface area contributed by atoms with E-state index < -0.39 is 0 Å². The van der Waals surface area contributed by atoms with Gasteiger partial charge in [0.1, 0.15) is 0 Å². The molecule has 0 fully saturated rings. The van der Waals surface area contributed by atoms with Crippen LogP contribution in [0.25, 0.3) is 0 Å². The van der Waals surface area contributed by atoms with E-state index in [4.69, 9.17) is 0 Å². The first-order valence-corrected chi connectivity index (χ1v) is 7.59. The van der Waals surface area contributed by atoms with E-state index in [1.807, 2.05) is 0 Å². The first-order valence-electron chi connectivity index (χ1n) is 1.47. The summed E-state index contributed by atoms with van der Waals surface area (Å²) in [5, 5.41) is 1.44. The van der Waals surface area contributed by atoms with E-state index in [2.05, 4.69) is 27.2 Å². The smallest absolute Gasteiger partial charge is 0.216 e. The number of halogens is 1. The van der Waals surface area contributed by atoms with Crippen molar-refractivity contribution in [2.45, 2.75) is 12.2 Å². The Labute approximate surface area is 44.4 Å². The molecule has 0 N–H and O–H groups in total. The van der Waals surface area contributed by atoms with Crippen molar-refractivity contribution in [3.8, 4) is 0 Å². The predicted octanol–water partition coefficient (Wildman–Crippen LogP) is 1.21. The SMILES string of the molecule is C[CH2][AlH][I]. The summed E-state index contributed by atoms with van der Waals surface area (Å²) in [6, 6.07) is 0. The molecule has 0 heterocycles. The van der Waals surface area contributed by atoms with E-state index >= 15 is 0 Å². The summed E-state index contributed by atoms with van der Waals surface area (Å²) in [5.41, 5.74) is 0. The van der Waals surface area contributed by atoms with Gasteiger partial charge in [-0.15, -0.1) is 0 Å². The van der Waals surface area contributed by atoms with Gasteiger partial charge >= 0.3 is 11.9 Å². The molecule has 0 aromatic carbocycles. The Morgan fingerprint density at radius 3 is 2.25 bits per heavy atom. The molecule has 2 heteroatoms. The maximum atomic E-state index is 2.49. The fraction of sp³-hybridized carbons (Fsp3) is 1.00. The Bertz CT molecular complexity index is 8.00. The molecule has 0 nitrogen and oxygen atoms in total. The highest BCUT2D eigenvalue weighted by Gasteiger charge is 1.69. The van der Waals surface area contributed by atoms with Crippen molar-refractivity contribution in [2.75, 3.05) is 0 Å². The summed E-state index contributed by atoms with van der Waals surface area (Å²) in [6.45, 7) is 2.23. The minimum atomic E-state index is 0.394. The molecule has 0 saturated carbocycles. The van der Waals surface area contributed by atoms with Crippen molar-refractivity contribution < 1.29 is 0 Å². The molecule has 24 valence electrons. The van der Waals surface area contributed by atoms with Gasteiger partial charge in [0.2, 0.25) is 0 Å². The summed E-state index contributed by atoms with van der Waals surface area (Å²) < 4.78 is 0. The normalized spacial score (nSPS) is 6.50. The summed E-state index contributed by atoms with van der Waals surface area (Å²) >= 11 is 2.88. The lowest BCUT2D eigenvalue weighted by molar-refractivity contribution is 1.48. The van der Waals surface area contributed by atoms with Crippen LogP contribution in [0.5, 0.6) is 0 Å². The van der Waals surface area contributed by atoms with Crippen LogP contribution in [0.4, 0.5) is 0 Å². The van der Waals surface area contributed by atoms with Crippen LogP contribution in [0.15, 0.2) is 0 Å². The zero-order chi connectivity index (χ0) is 3.41. The van der Waals surface area contributed by atoms with Gasteiger partial charge in [0, 0.05) is 0 Å². The van der Waals surface area contributed by atoms with Crippen molar-refractivity contribution in [3.05, 3.63) is 0 Å². The van der Waals surface area contributed by atoms with Crippen LogP contribution in [0.3, 0.4) is 0 Å². The molecule has 0 rings (SSSR count). The molecule has 0 amide bonds. The number of hydrogen-bond acceptors (Lipinski definition) is 0. The monoisotopic (exact) mass is 184 g/mol. The van der Waals surface area contributed by atoms with Gasteiger partial charge in [-0.05, 0) is 0 Å². The molecular weight excluding hydrogens is 178 g/mol. The molecule has 0 atom stereocenters. The van der Waals surface area contributed by atoms with Crippen molar-refractivity contribution in [2.24, 2.45) is 0 Å². The minimum absolute atomic E-state index is 0.394. The topological polar surface area (TPSA) is 0 Å². The Morgan fingerprint density at radius 1 is 2.00 bits per heavy atom. The lowest BCUT2D eigenvalue weighted by Crippen LogP contribution is -1.59. The summed E-state index contributed by atoms with van der Waals surface area (Å²) in [6.07, 6.45) is 0. The molecule has 0 saturated heterocycles. The average Bonchev–Trinajstić information content (AvgIpc) is 1.37. The van der Waals surface area contributed by atoms with Gasteiger partial charge in [0.15, 0.2) is 0 Å². The third-order valence-corrected chi connectivity index (χ3v) is 3.80. The van der Waals surface area contributed by atoms with E-state index in [-0.39, 0.29) is 0 Å². The van der Waals surface area contributed by atoms with Gasteiger partial charge < -0.3 is 0 Å². The van der Waals surface area contributed by atoms with E-state index in [0.29, 0.717) is 11.9 Å². The van der Waals surface area contributed by atoms with Gasteiger partial charge in [-0.3, -0.25) is 0 Å². The standard InChI is InChI=1S/C2H5.Al.HI.H/c1-2;;;/h1H2,2H3;;1H;/q;+1;;/p-1. The second kappa shape index (κ2) is 4.26. The van der Waals surface area contributed by atoms with Gasteiger partial charge in [0.25, 0.3) is 0 Å². The molecule has 0 aliphatic rings. The second-order valence-corrected chi connectivity index (χ2v) is 5.30. The van der Waals surface area contributed by atoms with Crippen molar-refractivity contribution in [1.29, 1.82) is 0 Å². The van der Waals surface area contributed by atoms with Crippen LogP contribution in [-0.4, -0.2) is 11.9 Å². The second-order valence-electron chi connectivity index (χ2n) is 0.689. The van der Waals surface area contributed by atoms with Gasteiger partial charge in [-0.25, -0.2) is 20.3 Å². The van der Waals surface area contributed by atoms with E-state index in [1.54, 1.807) is 0 Å². The van der Waals surface area contributed by atoms with Crippen LogP contribution >= 0.6 is 20.3 Å². The summed E-state index contributed by atoms with van der Waals surface area (Å²) in [7, 11) is 0. The summed E-state index contributed by atoms with van der Waals surface area (Å²) in [4.78, 5) is 0. The van der Waals surface area contributed by atoms with Gasteiger partial charge in [-0.1, -0.05) is 12.2 Å². The van der Waals surface area contributed by atoms with Crippen molar-refractivity contribution in [3.63, 3.8) is 0 Å². The molecule has 0 aliphatic carbocycles. The van der Waals surface area contributed by atoms with E-state index in [0.717, 1.165) is 0 Å². The average molecular weight is 184 g/mol. The van der Waals surface area contributed by atoms with Crippen LogP contribution in [0.1, 0.15) is 6.92 Å². The van der Waals surface area contributed by atoms with Crippen LogP contribution < -0.4 is 0 Å². The minimum Gasteiger partial charge on any atom is -0.216 e. The Morgan fingerprint density at radius 2 is 2.25 bits per heavy atom. The molecule has 0 unspecified atom stereocenters. The maximum Gasteiger partial charge on any atom is 0.336 e. The first kappa shape index (κ1) is 5.26. The molecule has 0 aromatic rings. The highest BCUT2D eigenvalue weighted by molar-refractivity contribution is 14.1. The predicted molar refractivity (Wildman–Crippen MR) is 31.6 cm³/mol. The van der Waals surface area contributed by atoms with Gasteiger partial charge in [-0.2, -0.15) is 0 Å². The first-order chi connectivity index (χ1) is 1.91. The van der Waals surface area contributed by atoms with Crippen molar-refractivity contribution >= 4 is 32.2 Å². The van der Waals surface area contributed by atoms with Crippen molar-refractivity contribution in [1.82, 2.24) is 0 Å². The van der Waals surface area contributed by atoms with Crippen LogP contribution in [0, 0.1) is 0 Å². The molecule has 0 radical (unpaired) electrons. The highest BCUT2D eigenvalue weighted by Crippen LogP contribution is 1.78. The lowest BCUT2D eigenvalue weighted by atomic mass is 11.0. The van der Waals surface area contributed by atoms with E-state index in [1.165, 1.54) is 5.28 Å². The quantitative estimate of drug-likeness (QED) is 0.424. The maximum absolute atomic E-state index is 2.49. The number of hydrogen-bond donors (Lipinski definition) is 0. The molecule has 0 spiro atoms. The van der Waals surface area contributed by atoms with E-state index in [9.17, 15) is 0 Å². The fourth-order valence-electron chi connectivity index (χ4n) is 0. The largest absolute Gasteiger partial charge is 0.336 e. The molecule has 4 heavy (non-hydrogen) atoms. The highest BCUT2D eigenvalue weighted by atomic mass is 127. The van der Waals surface area contributed by atoms with Gasteiger partial charge in [0.05, 0.1) is 0 Å². The molecule has 0 aliphatic heterocycles. The zero-order valence-electron chi connectivity index (χ0n) is 2.79. The Hall–Kier alpha value is 1.26. The third kappa shape index (κ3) is 3.26. The lowest BCUT2D eigenvalue weighted by Gasteiger charge is -1.59. The van der Waals surface area contributed by atoms with Crippen LogP contribution in [-0.2, 0) is 0 Å². The molecule has 0 aromatic heterocycles. The Kier molecular flexibility index (Phi) is 5.61. The summed E-state index contributed by atoms with van der Waals surface area (Å²) in [5.74, 6) is 0.